The van der Waals surface area contributed by atoms with Crippen LogP contribution in [0.1, 0.15) is 5.56 Å². The predicted molar refractivity (Wildman–Crippen MR) is 73.3 cm³/mol. The largest absolute Gasteiger partial charge is 0.496 e. The van der Waals surface area contributed by atoms with Crippen LogP contribution < -0.4 is 9.46 Å². The normalized spacial score (nSPS) is 11.5. The van der Waals surface area contributed by atoms with Crippen molar-refractivity contribution < 1.29 is 13.2 Å². The van der Waals surface area contributed by atoms with E-state index in [2.05, 4.69) is 30.8 Å². The fourth-order valence-electron chi connectivity index (χ4n) is 1.45. The zero-order valence-electron chi connectivity index (χ0n) is 10.1. The summed E-state index contributed by atoms with van der Waals surface area (Å²) in [7, 11) is -2.04. The van der Waals surface area contributed by atoms with E-state index in [0.29, 0.717) is 10.2 Å². The van der Waals surface area contributed by atoms with Gasteiger partial charge in [0.05, 0.1) is 22.7 Å². The van der Waals surface area contributed by atoms with E-state index in [1.165, 1.54) is 19.2 Å². The van der Waals surface area contributed by atoms with Gasteiger partial charge in [0.15, 0.2) is 0 Å². The van der Waals surface area contributed by atoms with Gasteiger partial charge in [0.1, 0.15) is 5.75 Å². The van der Waals surface area contributed by atoms with E-state index in [1.54, 1.807) is 18.5 Å². The molecule has 0 fully saturated rings. The van der Waals surface area contributed by atoms with Crippen molar-refractivity contribution in [1.82, 2.24) is 14.9 Å². The smallest absolute Gasteiger partial charge is 0.240 e. The summed E-state index contributed by atoms with van der Waals surface area (Å²) in [5, 5.41) is 6.37. The molecule has 1 aromatic heterocycles. The molecule has 0 aliphatic heterocycles. The molecule has 0 saturated heterocycles. The molecule has 2 N–H and O–H groups in total. The molecule has 1 aromatic carbocycles. The quantitative estimate of drug-likeness (QED) is 0.862. The number of halogens is 1. The van der Waals surface area contributed by atoms with Crippen LogP contribution in [0.2, 0.25) is 0 Å². The van der Waals surface area contributed by atoms with E-state index in [0.717, 1.165) is 5.56 Å². The van der Waals surface area contributed by atoms with Gasteiger partial charge in [-0.3, -0.25) is 5.10 Å². The molecule has 2 rings (SSSR count). The molecule has 6 nitrogen and oxygen atoms in total. The van der Waals surface area contributed by atoms with Crippen LogP contribution in [0.15, 0.2) is 40.0 Å². The summed E-state index contributed by atoms with van der Waals surface area (Å²) in [4.78, 5) is 0.170. The first kappa shape index (κ1) is 14.0. The van der Waals surface area contributed by atoms with E-state index in [-0.39, 0.29) is 11.4 Å². The molecule has 0 aliphatic rings. The second-order valence-electron chi connectivity index (χ2n) is 3.73. The van der Waals surface area contributed by atoms with E-state index in [1.807, 2.05) is 0 Å². The molecule has 19 heavy (non-hydrogen) atoms. The van der Waals surface area contributed by atoms with Crippen molar-refractivity contribution >= 4 is 26.0 Å². The lowest BCUT2D eigenvalue weighted by atomic mass is 10.3. The van der Waals surface area contributed by atoms with Gasteiger partial charge in [0.25, 0.3) is 0 Å². The fourth-order valence-corrected chi connectivity index (χ4v) is 3.19. The molecule has 0 amide bonds. The molecule has 1 heterocycles. The number of methoxy groups -OCH3 is 1. The Morgan fingerprint density at radius 1 is 1.47 bits per heavy atom. The van der Waals surface area contributed by atoms with Crippen LogP contribution in [0, 0.1) is 0 Å². The summed E-state index contributed by atoms with van der Waals surface area (Å²) in [6.07, 6.45) is 3.19. The van der Waals surface area contributed by atoms with E-state index in [9.17, 15) is 8.42 Å². The van der Waals surface area contributed by atoms with Gasteiger partial charge in [0.2, 0.25) is 10.0 Å². The minimum absolute atomic E-state index is 0.170. The average Bonchev–Trinajstić information content (AvgIpc) is 2.89. The molecule has 0 radical (unpaired) electrons. The lowest BCUT2D eigenvalue weighted by molar-refractivity contribution is 0.411. The third kappa shape index (κ3) is 3.34. The number of nitrogens with zero attached hydrogens (tertiary/aromatic N) is 1. The van der Waals surface area contributed by atoms with Gasteiger partial charge >= 0.3 is 0 Å². The fraction of sp³-hybridized carbons (Fsp3) is 0.182. The molecular formula is C11H12BrN3O3S. The van der Waals surface area contributed by atoms with Crippen LogP contribution in [0.5, 0.6) is 5.75 Å². The molecular weight excluding hydrogens is 334 g/mol. The summed E-state index contributed by atoms with van der Waals surface area (Å²) >= 11 is 3.26. The number of ether oxygens (including phenoxy) is 1. The average molecular weight is 346 g/mol. The van der Waals surface area contributed by atoms with Crippen LogP contribution in [-0.4, -0.2) is 25.7 Å². The van der Waals surface area contributed by atoms with Gasteiger partial charge in [-0.15, -0.1) is 0 Å². The van der Waals surface area contributed by atoms with Crippen molar-refractivity contribution in [1.29, 1.82) is 0 Å². The van der Waals surface area contributed by atoms with Crippen LogP contribution in [0.25, 0.3) is 0 Å². The maximum atomic E-state index is 12.1. The molecule has 0 unspecified atom stereocenters. The molecule has 0 atom stereocenters. The Hall–Kier alpha value is -1.38. The first-order valence-electron chi connectivity index (χ1n) is 5.34. The summed E-state index contributed by atoms with van der Waals surface area (Å²) in [5.41, 5.74) is 0.760. The standard InChI is InChI=1S/C11H12BrN3O3S/c1-18-11-3-2-9(4-10(11)12)19(16,17)15-7-8-5-13-14-6-8/h2-6,15H,7H2,1H3,(H,13,14). The molecule has 0 aliphatic carbocycles. The first-order valence-corrected chi connectivity index (χ1v) is 7.61. The molecule has 0 saturated carbocycles. The number of benzene rings is 1. The number of rotatable bonds is 5. The number of aromatic amines is 1. The summed E-state index contributed by atoms with van der Waals surface area (Å²) in [5.74, 6) is 0.578. The predicted octanol–water partition coefficient (Wildman–Crippen LogP) is 1.66. The first-order chi connectivity index (χ1) is 9.03. The van der Waals surface area contributed by atoms with Gasteiger partial charge in [-0.25, -0.2) is 13.1 Å². The Kier molecular flexibility index (Phi) is 4.23. The number of hydrogen-bond donors (Lipinski definition) is 2. The number of aromatic nitrogens is 2. The zero-order valence-corrected chi connectivity index (χ0v) is 12.5. The Balaban J connectivity index is 2.17. The van der Waals surface area contributed by atoms with Crippen molar-refractivity contribution in [2.75, 3.05) is 7.11 Å². The molecule has 0 spiro atoms. The van der Waals surface area contributed by atoms with Crippen molar-refractivity contribution in [2.24, 2.45) is 0 Å². The minimum atomic E-state index is -3.56. The van der Waals surface area contributed by atoms with Crippen LogP contribution >= 0.6 is 15.9 Å². The topological polar surface area (TPSA) is 84.1 Å². The van der Waals surface area contributed by atoms with Crippen LogP contribution in [0.3, 0.4) is 0 Å². The minimum Gasteiger partial charge on any atom is -0.496 e. The molecule has 102 valence electrons. The Labute approximate surface area is 119 Å². The van der Waals surface area contributed by atoms with Crippen molar-refractivity contribution in [2.45, 2.75) is 11.4 Å². The second kappa shape index (κ2) is 5.72. The number of nitrogens with one attached hydrogen (secondary N) is 2. The van der Waals surface area contributed by atoms with Gasteiger partial charge in [-0.05, 0) is 34.1 Å². The van der Waals surface area contributed by atoms with Crippen molar-refractivity contribution in [3.8, 4) is 5.75 Å². The SMILES string of the molecule is COc1ccc(S(=O)(=O)NCc2cn[nH]c2)cc1Br. The van der Waals surface area contributed by atoms with Gasteiger partial charge in [0, 0.05) is 18.3 Å². The molecule has 0 bridgehead atoms. The maximum absolute atomic E-state index is 12.1. The highest BCUT2D eigenvalue weighted by Crippen LogP contribution is 2.27. The third-order valence-corrected chi connectivity index (χ3v) is 4.47. The van der Waals surface area contributed by atoms with Crippen molar-refractivity contribution in [3.63, 3.8) is 0 Å². The highest BCUT2D eigenvalue weighted by Gasteiger charge is 2.15. The Morgan fingerprint density at radius 2 is 2.26 bits per heavy atom. The van der Waals surface area contributed by atoms with E-state index < -0.39 is 10.0 Å². The lowest BCUT2D eigenvalue weighted by Crippen LogP contribution is -2.23. The Bertz CT molecular complexity index is 656. The molecule has 8 heteroatoms. The van der Waals surface area contributed by atoms with Crippen LogP contribution in [0.4, 0.5) is 0 Å². The Morgan fingerprint density at radius 3 is 2.84 bits per heavy atom. The monoisotopic (exact) mass is 345 g/mol. The zero-order chi connectivity index (χ0) is 13.9. The summed E-state index contributed by atoms with van der Waals surface area (Å²) in [6.45, 7) is 0.183. The van der Waals surface area contributed by atoms with E-state index in [4.69, 9.17) is 4.74 Å². The van der Waals surface area contributed by atoms with E-state index >= 15 is 0 Å². The summed E-state index contributed by atoms with van der Waals surface area (Å²) in [6, 6.07) is 4.58. The van der Waals surface area contributed by atoms with Crippen LogP contribution in [-0.2, 0) is 16.6 Å². The highest BCUT2D eigenvalue weighted by atomic mass is 79.9. The lowest BCUT2D eigenvalue weighted by Gasteiger charge is -2.08. The third-order valence-electron chi connectivity index (χ3n) is 2.45. The maximum Gasteiger partial charge on any atom is 0.240 e. The van der Waals surface area contributed by atoms with Crippen molar-refractivity contribution in [3.05, 3.63) is 40.6 Å². The second-order valence-corrected chi connectivity index (χ2v) is 6.35. The summed E-state index contributed by atoms with van der Waals surface area (Å²) < 4.78 is 32.3. The number of sulfonamides is 1. The number of hydrogen-bond acceptors (Lipinski definition) is 4. The van der Waals surface area contributed by atoms with Gasteiger partial charge < -0.3 is 4.74 Å². The number of H-pyrrole nitrogens is 1. The highest BCUT2D eigenvalue weighted by molar-refractivity contribution is 9.10. The molecule has 2 aromatic rings. The van der Waals surface area contributed by atoms with Gasteiger partial charge in [-0.1, -0.05) is 0 Å². The van der Waals surface area contributed by atoms with Gasteiger partial charge in [-0.2, -0.15) is 5.10 Å².